The molecule has 0 aromatic heterocycles. The van der Waals surface area contributed by atoms with E-state index in [4.69, 9.17) is 4.74 Å². The summed E-state index contributed by atoms with van der Waals surface area (Å²) in [6.45, 7) is 4.22. The van der Waals surface area contributed by atoms with E-state index in [1.807, 2.05) is 18.2 Å². The first-order chi connectivity index (χ1) is 7.59. The van der Waals surface area contributed by atoms with E-state index >= 15 is 0 Å². The van der Waals surface area contributed by atoms with E-state index < -0.39 is 0 Å². The van der Waals surface area contributed by atoms with Gasteiger partial charge in [-0.25, -0.2) is 0 Å². The summed E-state index contributed by atoms with van der Waals surface area (Å²) in [4.78, 5) is 11.4. The van der Waals surface area contributed by atoms with Crippen molar-refractivity contribution in [3.05, 3.63) is 41.5 Å². The Bertz CT molecular complexity index is 501. The third kappa shape index (κ3) is 1.16. The predicted octanol–water partition coefficient (Wildman–Crippen LogP) is 2.54. The van der Waals surface area contributed by atoms with Gasteiger partial charge in [0.15, 0.2) is 5.78 Å². The molecule has 0 bridgehead atoms. The van der Waals surface area contributed by atoms with Gasteiger partial charge in [-0.3, -0.25) is 4.79 Å². The molecule has 0 N–H and O–H groups in total. The summed E-state index contributed by atoms with van der Waals surface area (Å²) in [5.74, 6) is 1.09. The van der Waals surface area contributed by atoms with Crippen LogP contribution in [0, 0.1) is 6.92 Å². The fourth-order valence-electron chi connectivity index (χ4n) is 2.58. The number of aryl methyl sites for hydroxylation is 1. The van der Waals surface area contributed by atoms with E-state index in [0.717, 1.165) is 5.75 Å². The maximum Gasteiger partial charge on any atom is 0.159 e. The van der Waals surface area contributed by atoms with Gasteiger partial charge in [-0.15, -0.1) is 0 Å². The van der Waals surface area contributed by atoms with Gasteiger partial charge in [0.05, 0.1) is 5.41 Å². The van der Waals surface area contributed by atoms with Crippen LogP contribution in [0.5, 0.6) is 5.75 Å². The summed E-state index contributed by atoms with van der Waals surface area (Å²) < 4.78 is 5.87. The molecule has 0 radical (unpaired) electrons. The van der Waals surface area contributed by atoms with E-state index in [2.05, 4.69) is 19.9 Å². The molecule has 1 aromatic rings. The van der Waals surface area contributed by atoms with Crippen LogP contribution >= 0.6 is 0 Å². The maximum absolute atomic E-state index is 11.4. The van der Waals surface area contributed by atoms with Crippen molar-refractivity contribution in [2.45, 2.75) is 31.8 Å². The zero-order chi connectivity index (χ0) is 11.3. The van der Waals surface area contributed by atoms with Crippen LogP contribution in [0.1, 0.15) is 24.5 Å². The molecule has 2 aliphatic rings. The van der Waals surface area contributed by atoms with Crippen molar-refractivity contribution in [1.29, 1.82) is 0 Å². The van der Waals surface area contributed by atoms with Crippen molar-refractivity contribution in [1.82, 2.24) is 0 Å². The van der Waals surface area contributed by atoms with E-state index in [9.17, 15) is 4.79 Å². The van der Waals surface area contributed by atoms with Crippen LogP contribution in [-0.2, 0) is 10.2 Å². The molecule has 0 saturated carbocycles. The number of ether oxygens (including phenoxy) is 1. The lowest BCUT2D eigenvalue weighted by Crippen LogP contribution is -2.38. The van der Waals surface area contributed by atoms with Gasteiger partial charge in [0.1, 0.15) is 11.9 Å². The van der Waals surface area contributed by atoms with Gasteiger partial charge in [-0.05, 0) is 26.0 Å². The molecule has 0 spiro atoms. The first-order valence-electron chi connectivity index (χ1n) is 5.59. The molecule has 0 unspecified atom stereocenters. The fourth-order valence-corrected chi connectivity index (χ4v) is 2.58. The average Bonchev–Trinajstić information content (AvgIpc) is 2.52. The van der Waals surface area contributed by atoms with E-state index in [1.54, 1.807) is 6.08 Å². The summed E-state index contributed by atoms with van der Waals surface area (Å²) in [5.41, 5.74) is 2.31. The number of hydrogen-bond acceptors (Lipinski definition) is 2. The fraction of sp³-hybridized carbons (Fsp3) is 0.357. The number of benzene rings is 1. The first kappa shape index (κ1) is 9.64. The molecule has 0 saturated heterocycles. The van der Waals surface area contributed by atoms with Crippen LogP contribution in [0.25, 0.3) is 0 Å². The summed E-state index contributed by atoms with van der Waals surface area (Å²) in [5, 5.41) is 0. The molecule has 82 valence electrons. The lowest BCUT2D eigenvalue weighted by Gasteiger charge is -2.29. The standard InChI is InChI=1S/C14H14O2/c1-9-3-4-12-11(7-9)14(2)6-5-10(15)8-13(14)16-12/h3-7,13H,8H2,1-2H3/t13-,14+/m0/s1. The molecule has 0 amide bonds. The summed E-state index contributed by atoms with van der Waals surface area (Å²) in [6, 6.07) is 6.22. The molecular formula is C14H14O2. The Balaban J connectivity index is 2.17. The van der Waals surface area contributed by atoms with Gasteiger partial charge < -0.3 is 4.74 Å². The summed E-state index contributed by atoms with van der Waals surface area (Å²) >= 11 is 0. The first-order valence-corrected chi connectivity index (χ1v) is 5.59. The highest BCUT2D eigenvalue weighted by molar-refractivity contribution is 5.92. The second-order valence-corrected chi connectivity index (χ2v) is 4.89. The minimum absolute atomic E-state index is 0.0261. The average molecular weight is 214 g/mol. The Morgan fingerprint density at radius 3 is 3.06 bits per heavy atom. The second kappa shape index (κ2) is 2.97. The third-order valence-electron chi connectivity index (χ3n) is 3.66. The molecule has 1 heterocycles. The number of allylic oxidation sites excluding steroid dienone is 1. The normalized spacial score (nSPS) is 30.9. The lowest BCUT2D eigenvalue weighted by atomic mass is 9.74. The van der Waals surface area contributed by atoms with Gasteiger partial charge in [0.2, 0.25) is 0 Å². The minimum atomic E-state index is -0.130. The van der Waals surface area contributed by atoms with Crippen LogP contribution in [0.15, 0.2) is 30.4 Å². The third-order valence-corrected chi connectivity index (χ3v) is 3.66. The highest BCUT2D eigenvalue weighted by Crippen LogP contribution is 2.47. The van der Waals surface area contributed by atoms with Gasteiger partial charge in [-0.1, -0.05) is 23.8 Å². The van der Waals surface area contributed by atoms with Crippen molar-refractivity contribution in [2.24, 2.45) is 0 Å². The molecule has 1 aromatic carbocycles. The zero-order valence-corrected chi connectivity index (χ0v) is 9.49. The number of carbonyl (C=O) groups excluding carboxylic acids is 1. The van der Waals surface area contributed by atoms with Crippen molar-refractivity contribution in [3.8, 4) is 5.75 Å². The topological polar surface area (TPSA) is 26.3 Å². The highest BCUT2D eigenvalue weighted by atomic mass is 16.5. The molecular weight excluding hydrogens is 200 g/mol. The molecule has 2 atom stereocenters. The number of carbonyl (C=O) groups is 1. The molecule has 3 rings (SSSR count). The van der Waals surface area contributed by atoms with Crippen molar-refractivity contribution < 1.29 is 9.53 Å². The van der Waals surface area contributed by atoms with Gasteiger partial charge in [0, 0.05) is 12.0 Å². The molecule has 1 aliphatic heterocycles. The molecule has 1 aliphatic carbocycles. The van der Waals surface area contributed by atoms with E-state index in [-0.39, 0.29) is 17.3 Å². The smallest absolute Gasteiger partial charge is 0.159 e. The van der Waals surface area contributed by atoms with Crippen LogP contribution < -0.4 is 4.74 Å². The Kier molecular flexibility index (Phi) is 1.79. The SMILES string of the molecule is Cc1ccc2c(c1)[C@@]1(C)C=CC(=O)C[C@@H]1O2. The molecule has 2 heteroatoms. The van der Waals surface area contributed by atoms with Crippen LogP contribution in [-0.4, -0.2) is 11.9 Å². The van der Waals surface area contributed by atoms with Crippen molar-refractivity contribution in [2.75, 3.05) is 0 Å². The van der Waals surface area contributed by atoms with Crippen molar-refractivity contribution >= 4 is 5.78 Å². The van der Waals surface area contributed by atoms with Crippen LogP contribution in [0.2, 0.25) is 0 Å². The Morgan fingerprint density at radius 2 is 2.25 bits per heavy atom. The quantitative estimate of drug-likeness (QED) is 0.663. The minimum Gasteiger partial charge on any atom is -0.488 e. The Labute approximate surface area is 94.9 Å². The lowest BCUT2D eigenvalue weighted by molar-refractivity contribution is -0.117. The molecule has 2 nitrogen and oxygen atoms in total. The molecule has 16 heavy (non-hydrogen) atoms. The number of fused-ring (bicyclic) bond motifs is 3. The van der Waals surface area contributed by atoms with Gasteiger partial charge in [-0.2, -0.15) is 0 Å². The van der Waals surface area contributed by atoms with Crippen LogP contribution in [0.3, 0.4) is 0 Å². The van der Waals surface area contributed by atoms with Crippen LogP contribution in [0.4, 0.5) is 0 Å². The summed E-state index contributed by atoms with van der Waals surface area (Å²) in [6.07, 6.45) is 4.15. The van der Waals surface area contributed by atoms with E-state index in [0.29, 0.717) is 6.42 Å². The van der Waals surface area contributed by atoms with E-state index in [1.165, 1.54) is 11.1 Å². The number of hydrogen-bond donors (Lipinski definition) is 0. The Morgan fingerprint density at radius 1 is 1.44 bits per heavy atom. The monoisotopic (exact) mass is 214 g/mol. The largest absolute Gasteiger partial charge is 0.488 e. The zero-order valence-electron chi connectivity index (χ0n) is 9.49. The second-order valence-electron chi connectivity index (χ2n) is 4.89. The molecule has 0 fully saturated rings. The number of rotatable bonds is 0. The highest BCUT2D eigenvalue weighted by Gasteiger charge is 2.46. The Hall–Kier alpha value is -1.57. The maximum atomic E-state index is 11.4. The van der Waals surface area contributed by atoms with Crippen molar-refractivity contribution in [3.63, 3.8) is 0 Å². The number of ketones is 1. The van der Waals surface area contributed by atoms with Gasteiger partial charge >= 0.3 is 0 Å². The predicted molar refractivity (Wildman–Crippen MR) is 61.7 cm³/mol. The summed E-state index contributed by atoms with van der Waals surface area (Å²) in [7, 11) is 0. The van der Waals surface area contributed by atoms with Gasteiger partial charge in [0.25, 0.3) is 0 Å².